The lowest BCUT2D eigenvalue weighted by Crippen LogP contribution is -2.50. The summed E-state index contributed by atoms with van der Waals surface area (Å²) in [6, 6.07) is -0.387. The van der Waals surface area contributed by atoms with Crippen LogP contribution in [0.15, 0.2) is 0 Å². The second-order valence-corrected chi connectivity index (χ2v) is 4.89. The third-order valence-electron chi connectivity index (χ3n) is 3.63. The maximum absolute atomic E-state index is 12.1. The van der Waals surface area contributed by atoms with E-state index >= 15 is 0 Å². The molecule has 0 aromatic carbocycles. The SMILES string of the molecule is CCC(C)[C@H](N)C(=O)N1CCCC(CO)C1. The van der Waals surface area contributed by atoms with E-state index in [0.717, 1.165) is 25.8 Å². The third-order valence-corrected chi connectivity index (χ3v) is 3.63. The van der Waals surface area contributed by atoms with Gasteiger partial charge in [-0.2, -0.15) is 0 Å². The molecule has 1 rings (SSSR count). The zero-order valence-electron chi connectivity index (χ0n) is 10.4. The highest BCUT2D eigenvalue weighted by atomic mass is 16.3. The Morgan fingerprint density at radius 3 is 2.88 bits per heavy atom. The summed E-state index contributed by atoms with van der Waals surface area (Å²) < 4.78 is 0. The van der Waals surface area contributed by atoms with Gasteiger partial charge in [0, 0.05) is 19.7 Å². The Balaban J connectivity index is 2.52. The van der Waals surface area contributed by atoms with Gasteiger partial charge >= 0.3 is 0 Å². The lowest BCUT2D eigenvalue weighted by molar-refractivity contribution is -0.135. The van der Waals surface area contributed by atoms with Crippen LogP contribution in [0.5, 0.6) is 0 Å². The summed E-state index contributed by atoms with van der Waals surface area (Å²) in [5.74, 6) is 0.510. The predicted octanol–water partition coefficient (Wildman–Crippen LogP) is 0.591. The van der Waals surface area contributed by atoms with Gasteiger partial charge in [0.05, 0.1) is 6.04 Å². The fraction of sp³-hybridized carbons (Fsp3) is 0.917. The number of amides is 1. The summed E-state index contributed by atoms with van der Waals surface area (Å²) in [6.07, 6.45) is 2.91. The normalized spacial score (nSPS) is 25.2. The second kappa shape index (κ2) is 6.21. The molecule has 0 aliphatic carbocycles. The minimum atomic E-state index is -0.387. The number of nitrogens with zero attached hydrogens (tertiary/aromatic N) is 1. The molecule has 1 aliphatic rings. The minimum Gasteiger partial charge on any atom is -0.396 e. The molecule has 94 valence electrons. The van der Waals surface area contributed by atoms with Crippen LogP contribution in [-0.2, 0) is 4.79 Å². The average Bonchev–Trinajstić information content (AvgIpc) is 2.36. The van der Waals surface area contributed by atoms with E-state index in [2.05, 4.69) is 0 Å². The molecule has 1 fully saturated rings. The van der Waals surface area contributed by atoms with Crippen LogP contribution in [0, 0.1) is 11.8 Å². The minimum absolute atomic E-state index is 0.0486. The third kappa shape index (κ3) is 3.19. The van der Waals surface area contributed by atoms with Crippen molar-refractivity contribution in [3.8, 4) is 0 Å². The van der Waals surface area contributed by atoms with Gasteiger partial charge in [-0.05, 0) is 24.7 Å². The molecule has 0 aromatic rings. The van der Waals surface area contributed by atoms with E-state index in [1.54, 1.807) is 0 Å². The maximum atomic E-state index is 12.1. The molecule has 1 amide bonds. The molecule has 1 aliphatic heterocycles. The molecule has 16 heavy (non-hydrogen) atoms. The first-order valence-electron chi connectivity index (χ1n) is 6.25. The van der Waals surface area contributed by atoms with Crippen LogP contribution < -0.4 is 5.73 Å². The number of aliphatic hydroxyl groups is 1. The molecule has 1 heterocycles. The van der Waals surface area contributed by atoms with Crippen LogP contribution in [0.4, 0.5) is 0 Å². The molecule has 0 saturated carbocycles. The molecule has 0 aromatic heterocycles. The number of aliphatic hydroxyl groups excluding tert-OH is 1. The number of rotatable bonds is 4. The summed E-state index contributed by atoms with van der Waals surface area (Å²) in [4.78, 5) is 13.9. The molecular weight excluding hydrogens is 204 g/mol. The quantitative estimate of drug-likeness (QED) is 0.740. The molecule has 3 atom stereocenters. The maximum Gasteiger partial charge on any atom is 0.239 e. The number of nitrogens with two attached hydrogens (primary N) is 1. The molecule has 2 unspecified atom stereocenters. The highest BCUT2D eigenvalue weighted by Crippen LogP contribution is 2.18. The van der Waals surface area contributed by atoms with Crippen LogP contribution in [0.3, 0.4) is 0 Å². The Hall–Kier alpha value is -0.610. The lowest BCUT2D eigenvalue weighted by Gasteiger charge is -2.34. The van der Waals surface area contributed by atoms with Crippen LogP contribution >= 0.6 is 0 Å². The number of piperidine rings is 1. The van der Waals surface area contributed by atoms with Gasteiger partial charge in [0.1, 0.15) is 0 Å². The molecule has 0 spiro atoms. The highest BCUT2D eigenvalue weighted by molar-refractivity contribution is 5.82. The topological polar surface area (TPSA) is 66.6 Å². The lowest BCUT2D eigenvalue weighted by atomic mass is 9.95. The molecule has 0 radical (unpaired) electrons. The van der Waals surface area contributed by atoms with E-state index in [9.17, 15) is 4.79 Å². The summed E-state index contributed by atoms with van der Waals surface area (Å²) >= 11 is 0. The fourth-order valence-corrected chi connectivity index (χ4v) is 2.12. The standard InChI is InChI=1S/C12H24N2O2/c1-3-9(2)11(13)12(16)14-6-4-5-10(7-14)8-15/h9-11,15H,3-8,13H2,1-2H3/t9?,10?,11-/m0/s1. The van der Waals surface area contributed by atoms with Gasteiger partial charge in [0.2, 0.25) is 5.91 Å². The largest absolute Gasteiger partial charge is 0.396 e. The molecule has 1 saturated heterocycles. The summed E-state index contributed by atoms with van der Waals surface area (Å²) in [5, 5.41) is 9.12. The van der Waals surface area contributed by atoms with Crippen LogP contribution in [0.1, 0.15) is 33.1 Å². The number of carbonyl (C=O) groups excluding carboxylic acids is 1. The second-order valence-electron chi connectivity index (χ2n) is 4.89. The zero-order valence-corrected chi connectivity index (χ0v) is 10.4. The van der Waals surface area contributed by atoms with E-state index in [4.69, 9.17) is 10.8 Å². The van der Waals surface area contributed by atoms with Crippen LogP contribution in [0.25, 0.3) is 0 Å². The predicted molar refractivity (Wildman–Crippen MR) is 63.8 cm³/mol. The Morgan fingerprint density at radius 2 is 2.31 bits per heavy atom. The van der Waals surface area contributed by atoms with Crippen LogP contribution in [0.2, 0.25) is 0 Å². The first-order chi connectivity index (χ1) is 7.60. The molecule has 4 heteroatoms. The average molecular weight is 228 g/mol. The van der Waals surface area contributed by atoms with Crippen molar-refractivity contribution >= 4 is 5.91 Å². The number of hydrogen-bond donors (Lipinski definition) is 2. The van der Waals surface area contributed by atoms with Crippen molar-refractivity contribution in [1.29, 1.82) is 0 Å². The van der Waals surface area contributed by atoms with E-state index in [-0.39, 0.29) is 30.4 Å². The first-order valence-corrected chi connectivity index (χ1v) is 6.25. The van der Waals surface area contributed by atoms with E-state index in [0.29, 0.717) is 6.54 Å². The van der Waals surface area contributed by atoms with Gasteiger partial charge in [0.25, 0.3) is 0 Å². The van der Waals surface area contributed by atoms with Crippen molar-refractivity contribution in [2.75, 3.05) is 19.7 Å². The summed E-state index contributed by atoms with van der Waals surface area (Å²) in [7, 11) is 0. The van der Waals surface area contributed by atoms with Crippen molar-refractivity contribution < 1.29 is 9.90 Å². The summed E-state index contributed by atoms with van der Waals surface area (Å²) in [5.41, 5.74) is 5.94. The Labute approximate surface area is 97.8 Å². The Bertz CT molecular complexity index is 233. The van der Waals surface area contributed by atoms with Crippen molar-refractivity contribution in [3.63, 3.8) is 0 Å². The number of likely N-dealkylation sites (tertiary alicyclic amines) is 1. The van der Waals surface area contributed by atoms with Gasteiger partial charge in [-0.3, -0.25) is 4.79 Å². The molecule has 3 N–H and O–H groups in total. The zero-order chi connectivity index (χ0) is 12.1. The van der Waals surface area contributed by atoms with Crippen molar-refractivity contribution in [2.24, 2.45) is 17.6 Å². The van der Waals surface area contributed by atoms with Gasteiger partial charge < -0.3 is 15.7 Å². The van der Waals surface area contributed by atoms with Crippen molar-refractivity contribution in [3.05, 3.63) is 0 Å². The highest BCUT2D eigenvalue weighted by Gasteiger charge is 2.28. The molecular formula is C12H24N2O2. The summed E-state index contributed by atoms with van der Waals surface area (Å²) in [6.45, 7) is 5.68. The fourth-order valence-electron chi connectivity index (χ4n) is 2.12. The van der Waals surface area contributed by atoms with Crippen LogP contribution in [-0.4, -0.2) is 41.7 Å². The van der Waals surface area contributed by atoms with Crippen molar-refractivity contribution in [1.82, 2.24) is 4.90 Å². The van der Waals surface area contributed by atoms with E-state index in [1.807, 2.05) is 18.7 Å². The van der Waals surface area contributed by atoms with Gasteiger partial charge in [0.15, 0.2) is 0 Å². The smallest absolute Gasteiger partial charge is 0.239 e. The Kier molecular flexibility index (Phi) is 5.22. The monoisotopic (exact) mass is 228 g/mol. The Morgan fingerprint density at radius 1 is 1.62 bits per heavy atom. The van der Waals surface area contributed by atoms with Crippen molar-refractivity contribution in [2.45, 2.75) is 39.2 Å². The van der Waals surface area contributed by atoms with E-state index in [1.165, 1.54) is 0 Å². The molecule has 0 bridgehead atoms. The molecule has 4 nitrogen and oxygen atoms in total. The number of carbonyl (C=O) groups is 1. The van der Waals surface area contributed by atoms with Gasteiger partial charge in [-0.1, -0.05) is 20.3 Å². The first kappa shape index (κ1) is 13.5. The van der Waals surface area contributed by atoms with E-state index < -0.39 is 0 Å². The van der Waals surface area contributed by atoms with Gasteiger partial charge in [-0.25, -0.2) is 0 Å². The number of hydrogen-bond acceptors (Lipinski definition) is 3. The van der Waals surface area contributed by atoms with Gasteiger partial charge in [-0.15, -0.1) is 0 Å².